The largest absolute Gasteiger partial charge is 0.398 e. The number of carbonyl (C=O) groups excluding carboxylic acids is 1. The number of nitrogens with one attached hydrogen (secondary N) is 1. The standard InChI is InChI=1S/C15H18N2OS/c1-9-4-6-12(7-5-9)10(2)17-15(18)14-8-13(16)11(3)19-14/h4-8,10H,16H2,1-3H3,(H,17,18). The van der Waals surface area contributed by atoms with Crippen molar-refractivity contribution in [2.75, 3.05) is 5.73 Å². The highest BCUT2D eigenvalue weighted by Gasteiger charge is 2.14. The number of carbonyl (C=O) groups is 1. The minimum absolute atomic E-state index is 0.0169. The maximum absolute atomic E-state index is 12.1. The molecule has 4 heteroatoms. The van der Waals surface area contributed by atoms with Crippen molar-refractivity contribution in [1.29, 1.82) is 0 Å². The molecule has 19 heavy (non-hydrogen) atoms. The third-order valence-electron chi connectivity index (χ3n) is 3.10. The Morgan fingerprint density at radius 1 is 1.26 bits per heavy atom. The first-order chi connectivity index (χ1) is 8.97. The molecule has 0 fully saturated rings. The summed E-state index contributed by atoms with van der Waals surface area (Å²) in [4.78, 5) is 13.7. The monoisotopic (exact) mass is 274 g/mol. The molecule has 0 spiro atoms. The van der Waals surface area contributed by atoms with Crippen LogP contribution in [0.1, 0.15) is 38.6 Å². The lowest BCUT2D eigenvalue weighted by Gasteiger charge is -2.13. The summed E-state index contributed by atoms with van der Waals surface area (Å²) in [6.45, 7) is 5.94. The number of anilines is 1. The van der Waals surface area contributed by atoms with Crippen LogP contribution in [0.3, 0.4) is 0 Å². The highest BCUT2D eigenvalue weighted by Crippen LogP contribution is 2.24. The van der Waals surface area contributed by atoms with Gasteiger partial charge < -0.3 is 11.1 Å². The van der Waals surface area contributed by atoms with Crippen molar-refractivity contribution in [1.82, 2.24) is 5.32 Å². The van der Waals surface area contributed by atoms with Crippen LogP contribution in [0.4, 0.5) is 5.69 Å². The highest BCUT2D eigenvalue weighted by molar-refractivity contribution is 7.14. The van der Waals surface area contributed by atoms with E-state index in [0.29, 0.717) is 10.6 Å². The van der Waals surface area contributed by atoms with Crippen LogP contribution in [0.5, 0.6) is 0 Å². The molecule has 1 aromatic carbocycles. The second-order valence-corrected chi connectivity index (χ2v) is 5.98. The zero-order valence-corrected chi connectivity index (χ0v) is 12.2. The second kappa shape index (κ2) is 5.45. The molecule has 2 aromatic rings. The molecule has 3 N–H and O–H groups in total. The first-order valence-electron chi connectivity index (χ1n) is 6.20. The molecule has 3 nitrogen and oxygen atoms in total. The number of nitrogen functional groups attached to an aromatic ring is 1. The fraction of sp³-hybridized carbons (Fsp3) is 0.267. The van der Waals surface area contributed by atoms with Crippen molar-refractivity contribution >= 4 is 22.9 Å². The maximum Gasteiger partial charge on any atom is 0.261 e. The van der Waals surface area contributed by atoms with Gasteiger partial charge in [-0.05, 0) is 32.4 Å². The van der Waals surface area contributed by atoms with Gasteiger partial charge in [0, 0.05) is 10.6 Å². The molecule has 0 bridgehead atoms. The van der Waals surface area contributed by atoms with Gasteiger partial charge in [0.15, 0.2) is 0 Å². The number of amides is 1. The van der Waals surface area contributed by atoms with E-state index < -0.39 is 0 Å². The molecule has 0 aliphatic carbocycles. The number of benzene rings is 1. The van der Waals surface area contributed by atoms with Crippen LogP contribution >= 0.6 is 11.3 Å². The van der Waals surface area contributed by atoms with E-state index in [9.17, 15) is 4.79 Å². The van der Waals surface area contributed by atoms with Crippen molar-refractivity contribution < 1.29 is 4.79 Å². The van der Waals surface area contributed by atoms with Crippen LogP contribution in [0.2, 0.25) is 0 Å². The predicted molar refractivity (Wildman–Crippen MR) is 80.5 cm³/mol. The number of aryl methyl sites for hydroxylation is 2. The lowest BCUT2D eigenvalue weighted by molar-refractivity contribution is 0.0944. The summed E-state index contributed by atoms with van der Waals surface area (Å²) < 4.78 is 0. The zero-order valence-electron chi connectivity index (χ0n) is 11.4. The minimum atomic E-state index is -0.0714. The molecular weight excluding hydrogens is 256 g/mol. The molecule has 0 saturated carbocycles. The van der Waals surface area contributed by atoms with Crippen LogP contribution in [-0.4, -0.2) is 5.91 Å². The third-order valence-corrected chi connectivity index (χ3v) is 4.17. The van der Waals surface area contributed by atoms with Crippen molar-refractivity contribution in [3.8, 4) is 0 Å². The van der Waals surface area contributed by atoms with E-state index >= 15 is 0 Å². The van der Waals surface area contributed by atoms with Gasteiger partial charge in [-0.1, -0.05) is 29.8 Å². The summed E-state index contributed by atoms with van der Waals surface area (Å²) in [7, 11) is 0. The van der Waals surface area contributed by atoms with Crippen molar-refractivity contribution in [3.05, 3.63) is 51.2 Å². The Bertz CT molecular complexity index is 567. The van der Waals surface area contributed by atoms with Crippen LogP contribution in [0, 0.1) is 13.8 Å². The van der Waals surface area contributed by atoms with E-state index in [-0.39, 0.29) is 11.9 Å². The van der Waals surface area contributed by atoms with E-state index in [4.69, 9.17) is 5.73 Å². The molecule has 0 aliphatic heterocycles. The highest BCUT2D eigenvalue weighted by atomic mass is 32.1. The smallest absolute Gasteiger partial charge is 0.261 e. The number of hydrogen-bond acceptors (Lipinski definition) is 3. The number of rotatable bonds is 3. The van der Waals surface area contributed by atoms with Gasteiger partial charge in [-0.3, -0.25) is 4.79 Å². The van der Waals surface area contributed by atoms with Gasteiger partial charge in [-0.25, -0.2) is 0 Å². The van der Waals surface area contributed by atoms with Gasteiger partial charge in [0.2, 0.25) is 0 Å². The average Bonchev–Trinajstić information content (AvgIpc) is 2.70. The molecule has 0 saturated heterocycles. The summed E-state index contributed by atoms with van der Waals surface area (Å²) in [5, 5.41) is 2.99. The first kappa shape index (κ1) is 13.6. The van der Waals surface area contributed by atoms with Crippen molar-refractivity contribution in [2.24, 2.45) is 0 Å². The molecular formula is C15H18N2OS. The van der Waals surface area contributed by atoms with Gasteiger partial charge in [0.1, 0.15) is 0 Å². The van der Waals surface area contributed by atoms with Crippen LogP contribution in [-0.2, 0) is 0 Å². The van der Waals surface area contributed by atoms with Gasteiger partial charge in [-0.2, -0.15) is 0 Å². The van der Waals surface area contributed by atoms with E-state index in [0.717, 1.165) is 10.4 Å². The number of hydrogen-bond donors (Lipinski definition) is 2. The SMILES string of the molecule is Cc1ccc(C(C)NC(=O)c2cc(N)c(C)s2)cc1. The Morgan fingerprint density at radius 2 is 1.89 bits per heavy atom. The molecule has 1 heterocycles. The average molecular weight is 274 g/mol. The Morgan fingerprint density at radius 3 is 2.42 bits per heavy atom. The molecule has 1 atom stereocenters. The Hall–Kier alpha value is -1.81. The molecule has 1 amide bonds. The Balaban J connectivity index is 2.08. The number of nitrogens with two attached hydrogens (primary N) is 1. The van der Waals surface area contributed by atoms with E-state index in [2.05, 4.69) is 5.32 Å². The van der Waals surface area contributed by atoms with Crippen molar-refractivity contribution in [3.63, 3.8) is 0 Å². The Kier molecular flexibility index (Phi) is 3.90. The summed E-state index contributed by atoms with van der Waals surface area (Å²) in [5.74, 6) is -0.0714. The minimum Gasteiger partial charge on any atom is -0.398 e. The van der Waals surface area contributed by atoms with Gasteiger partial charge >= 0.3 is 0 Å². The van der Waals surface area contributed by atoms with E-state index in [1.54, 1.807) is 6.07 Å². The van der Waals surface area contributed by atoms with Crippen LogP contribution in [0.25, 0.3) is 0 Å². The topological polar surface area (TPSA) is 55.1 Å². The molecule has 100 valence electrons. The quantitative estimate of drug-likeness (QED) is 0.900. The zero-order chi connectivity index (χ0) is 14.0. The molecule has 0 aliphatic rings. The fourth-order valence-electron chi connectivity index (χ4n) is 1.81. The normalized spacial score (nSPS) is 12.2. The van der Waals surface area contributed by atoms with Crippen LogP contribution < -0.4 is 11.1 Å². The van der Waals surface area contributed by atoms with Gasteiger partial charge in [-0.15, -0.1) is 11.3 Å². The van der Waals surface area contributed by atoms with Gasteiger partial charge in [0.25, 0.3) is 5.91 Å². The Labute approximate surface area is 117 Å². The molecule has 1 unspecified atom stereocenters. The molecule has 1 aromatic heterocycles. The summed E-state index contributed by atoms with van der Waals surface area (Å²) in [5.41, 5.74) is 8.76. The predicted octanol–water partition coefficient (Wildman–Crippen LogP) is 3.44. The maximum atomic E-state index is 12.1. The lowest BCUT2D eigenvalue weighted by atomic mass is 10.1. The first-order valence-corrected chi connectivity index (χ1v) is 7.02. The molecule has 0 radical (unpaired) electrons. The molecule has 2 rings (SSSR count). The summed E-state index contributed by atoms with van der Waals surface area (Å²) in [6, 6.07) is 9.88. The van der Waals surface area contributed by atoms with E-state index in [1.807, 2.05) is 45.0 Å². The summed E-state index contributed by atoms with van der Waals surface area (Å²) >= 11 is 1.43. The number of thiophene rings is 1. The fourth-order valence-corrected chi connectivity index (χ4v) is 2.66. The second-order valence-electron chi connectivity index (χ2n) is 4.73. The van der Waals surface area contributed by atoms with Crippen LogP contribution in [0.15, 0.2) is 30.3 Å². The van der Waals surface area contributed by atoms with Crippen molar-refractivity contribution in [2.45, 2.75) is 26.8 Å². The lowest BCUT2D eigenvalue weighted by Crippen LogP contribution is -2.25. The third kappa shape index (κ3) is 3.15. The van der Waals surface area contributed by atoms with E-state index in [1.165, 1.54) is 16.9 Å². The van der Waals surface area contributed by atoms with Gasteiger partial charge in [0.05, 0.1) is 10.9 Å². The summed E-state index contributed by atoms with van der Waals surface area (Å²) in [6.07, 6.45) is 0.